The van der Waals surface area contributed by atoms with E-state index in [4.69, 9.17) is 11.6 Å². The molecule has 0 saturated heterocycles. The van der Waals surface area contributed by atoms with E-state index in [1.807, 2.05) is 24.3 Å². The second-order valence-electron chi connectivity index (χ2n) is 3.53. The van der Waals surface area contributed by atoms with E-state index in [1.54, 1.807) is 18.9 Å². The largest absolute Gasteiger partial charge is 0.314 e. The summed E-state index contributed by atoms with van der Waals surface area (Å²) in [5.74, 6) is -0.0825. The Morgan fingerprint density at radius 2 is 1.93 bits per heavy atom. The molecule has 1 unspecified atom stereocenters. The van der Waals surface area contributed by atoms with E-state index in [2.05, 4.69) is 6.92 Å². The topological polar surface area (TPSA) is 20.3 Å². The fourth-order valence-electron chi connectivity index (χ4n) is 1.35. The number of benzene rings is 1. The second kappa shape index (κ2) is 5.17. The maximum Gasteiger partial charge on any atom is 0.244 e. The molecule has 0 spiro atoms. The minimum atomic E-state index is -0.485. The molecule has 0 aromatic heterocycles. The van der Waals surface area contributed by atoms with E-state index >= 15 is 0 Å². The summed E-state index contributed by atoms with van der Waals surface area (Å²) >= 11 is 5.74. The molecule has 15 heavy (non-hydrogen) atoms. The van der Waals surface area contributed by atoms with Crippen molar-refractivity contribution in [2.45, 2.75) is 25.6 Å². The van der Waals surface area contributed by atoms with E-state index in [9.17, 15) is 4.79 Å². The molecule has 0 fully saturated rings. The highest BCUT2D eigenvalue weighted by Gasteiger charge is 2.15. The number of amides is 1. The summed E-state index contributed by atoms with van der Waals surface area (Å²) in [5.41, 5.74) is 2.14. The Morgan fingerprint density at radius 1 is 1.40 bits per heavy atom. The van der Waals surface area contributed by atoms with E-state index < -0.39 is 5.38 Å². The van der Waals surface area contributed by atoms with Crippen molar-refractivity contribution in [3.05, 3.63) is 29.8 Å². The van der Waals surface area contributed by atoms with Crippen LogP contribution in [-0.2, 0) is 11.2 Å². The first-order valence-electron chi connectivity index (χ1n) is 5.06. The summed E-state index contributed by atoms with van der Waals surface area (Å²) < 4.78 is 0. The van der Waals surface area contributed by atoms with Crippen molar-refractivity contribution in [1.82, 2.24) is 0 Å². The normalized spacial score (nSPS) is 12.3. The quantitative estimate of drug-likeness (QED) is 0.725. The van der Waals surface area contributed by atoms with Crippen LogP contribution < -0.4 is 4.90 Å². The van der Waals surface area contributed by atoms with Gasteiger partial charge in [-0.1, -0.05) is 19.1 Å². The van der Waals surface area contributed by atoms with Gasteiger partial charge in [-0.05, 0) is 31.0 Å². The number of hydrogen-bond acceptors (Lipinski definition) is 1. The average molecular weight is 226 g/mol. The lowest BCUT2D eigenvalue weighted by atomic mass is 10.1. The van der Waals surface area contributed by atoms with Crippen LogP contribution in [0.15, 0.2) is 24.3 Å². The summed E-state index contributed by atoms with van der Waals surface area (Å²) in [7, 11) is 1.74. The lowest BCUT2D eigenvalue weighted by molar-refractivity contribution is -0.117. The van der Waals surface area contributed by atoms with Crippen LogP contribution in [0.25, 0.3) is 0 Å². The van der Waals surface area contributed by atoms with Crippen molar-refractivity contribution in [2.75, 3.05) is 11.9 Å². The molecule has 3 heteroatoms. The van der Waals surface area contributed by atoms with Gasteiger partial charge in [0.15, 0.2) is 0 Å². The zero-order chi connectivity index (χ0) is 11.4. The smallest absolute Gasteiger partial charge is 0.244 e. The highest BCUT2D eigenvalue weighted by molar-refractivity contribution is 6.32. The molecule has 1 aromatic carbocycles. The maximum absolute atomic E-state index is 11.6. The van der Waals surface area contributed by atoms with Crippen LogP contribution in [0, 0.1) is 0 Å². The molecule has 0 aliphatic heterocycles. The predicted molar refractivity (Wildman–Crippen MR) is 64.5 cm³/mol. The van der Waals surface area contributed by atoms with Gasteiger partial charge in [-0.25, -0.2) is 0 Å². The fourth-order valence-corrected chi connectivity index (χ4v) is 1.50. The summed E-state index contributed by atoms with van der Waals surface area (Å²) in [6, 6.07) is 7.93. The molecule has 0 saturated carbocycles. The molecular weight excluding hydrogens is 210 g/mol. The number of aryl methyl sites for hydroxylation is 1. The minimum absolute atomic E-state index is 0.0825. The molecule has 82 valence electrons. The number of carbonyl (C=O) groups excluding carboxylic acids is 1. The van der Waals surface area contributed by atoms with Crippen LogP contribution in [0.2, 0.25) is 0 Å². The monoisotopic (exact) mass is 225 g/mol. The molecule has 1 atom stereocenters. The lowest BCUT2D eigenvalue weighted by Gasteiger charge is -2.18. The minimum Gasteiger partial charge on any atom is -0.314 e. The Hall–Kier alpha value is -1.02. The molecule has 1 aromatic rings. The van der Waals surface area contributed by atoms with Crippen molar-refractivity contribution in [3.63, 3.8) is 0 Å². The van der Waals surface area contributed by atoms with Gasteiger partial charge in [-0.2, -0.15) is 0 Å². The molecule has 0 aliphatic carbocycles. The van der Waals surface area contributed by atoms with Crippen molar-refractivity contribution >= 4 is 23.2 Å². The van der Waals surface area contributed by atoms with Gasteiger partial charge in [0.05, 0.1) is 0 Å². The van der Waals surface area contributed by atoms with Gasteiger partial charge in [0.25, 0.3) is 0 Å². The molecule has 0 bridgehead atoms. The maximum atomic E-state index is 11.6. The van der Waals surface area contributed by atoms with Gasteiger partial charge >= 0.3 is 0 Å². The molecule has 1 rings (SSSR count). The van der Waals surface area contributed by atoms with Gasteiger partial charge in [0.2, 0.25) is 5.91 Å². The Morgan fingerprint density at radius 3 is 2.33 bits per heavy atom. The summed E-state index contributed by atoms with van der Waals surface area (Å²) in [5, 5.41) is -0.485. The van der Waals surface area contributed by atoms with E-state index in [1.165, 1.54) is 5.56 Å². The van der Waals surface area contributed by atoms with Crippen LogP contribution in [0.5, 0.6) is 0 Å². The van der Waals surface area contributed by atoms with Crippen molar-refractivity contribution in [3.8, 4) is 0 Å². The van der Waals surface area contributed by atoms with Crippen LogP contribution in [0.1, 0.15) is 19.4 Å². The molecule has 1 amide bonds. The van der Waals surface area contributed by atoms with Crippen molar-refractivity contribution < 1.29 is 4.79 Å². The zero-order valence-electron chi connectivity index (χ0n) is 9.33. The number of halogens is 1. The molecule has 0 radical (unpaired) electrons. The third kappa shape index (κ3) is 2.96. The van der Waals surface area contributed by atoms with Gasteiger partial charge in [0.1, 0.15) is 5.38 Å². The van der Waals surface area contributed by atoms with E-state index in [0.717, 1.165) is 12.1 Å². The van der Waals surface area contributed by atoms with E-state index in [-0.39, 0.29) is 5.91 Å². The number of rotatable bonds is 3. The van der Waals surface area contributed by atoms with Gasteiger partial charge in [-0.3, -0.25) is 4.79 Å². The second-order valence-corrected chi connectivity index (χ2v) is 4.19. The van der Waals surface area contributed by atoms with Crippen LogP contribution >= 0.6 is 11.6 Å². The Balaban J connectivity index is 2.82. The van der Waals surface area contributed by atoms with Gasteiger partial charge < -0.3 is 4.90 Å². The lowest BCUT2D eigenvalue weighted by Crippen LogP contribution is -2.31. The Labute approximate surface area is 95.8 Å². The average Bonchev–Trinajstić information content (AvgIpc) is 2.27. The summed E-state index contributed by atoms with van der Waals surface area (Å²) in [6.45, 7) is 3.78. The van der Waals surface area contributed by atoms with Crippen molar-refractivity contribution in [2.24, 2.45) is 0 Å². The fraction of sp³-hybridized carbons (Fsp3) is 0.417. The predicted octanol–water partition coefficient (Wildman–Crippen LogP) is 2.84. The number of carbonyl (C=O) groups is 1. The molecule has 2 nitrogen and oxygen atoms in total. The standard InChI is InChI=1S/C12H16ClNO/c1-4-10-5-7-11(8-6-10)14(3)12(15)9(2)13/h5-9H,4H2,1-3H3. The molecule has 0 aliphatic rings. The third-order valence-corrected chi connectivity index (χ3v) is 2.59. The van der Waals surface area contributed by atoms with Crippen LogP contribution in [-0.4, -0.2) is 18.3 Å². The van der Waals surface area contributed by atoms with Gasteiger partial charge in [0, 0.05) is 12.7 Å². The first-order valence-corrected chi connectivity index (χ1v) is 5.50. The number of anilines is 1. The number of alkyl halides is 1. The summed E-state index contributed by atoms with van der Waals surface area (Å²) in [6.07, 6.45) is 1.00. The summed E-state index contributed by atoms with van der Waals surface area (Å²) in [4.78, 5) is 13.2. The zero-order valence-corrected chi connectivity index (χ0v) is 10.1. The Bertz CT molecular complexity index is 332. The number of hydrogen-bond donors (Lipinski definition) is 0. The van der Waals surface area contributed by atoms with Crippen LogP contribution in [0.3, 0.4) is 0 Å². The molecule has 0 N–H and O–H groups in total. The highest BCUT2D eigenvalue weighted by atomic mass is 35.5. The van der Waals surface area contributed by atoms with Crippen molar-refractivity contribution in [1.29, 1.82) is 0 Å². The van der Waals surface area contributed by atoms with Gasteiger partial charge in [-0.15, -0.1) is 11.6 Å². The first-order chi connectivity index (χ1) is 7.06. The third-order valence-electron chi connectivity index (χ3n) is 2.40. The molecule has 0 heterocycles. The molecular formula is C12H16ClNO. The highest BCUT2D eigenvalue weighted by Crippen LogP contribution is 2.16. The number of nitrogens with zero attached hydrogens (tertiary/aromatic N) is 1. The SMILES string of the molecule is CCc1ccc(N(C)C(=O)C(C)Cl)cc1. The first kappa shape index (κ1) is 12.1. The van der Waals surface area contributed by atoms with Crippen LogP contribution in [0.4, 0.5) is 5.69 Å². The van der Waals surface area contributed by atoms with E-state index in [0.29, 0.717) is 0 Å². The Kier molecular flexibility index (Phi) is 4.15.